The summed E-state index contributed by atoms with van der Waals surface area (Å²) in [6, 6.07) is -4.22. The lowest BCUT2D eigenvalue weighted by atomic mass is 9.94. The van der Waals surface area contributed by atoms with Crippen LogP contribution in [0, 0.1) is 17.8 Å². The van der Waals surface area contributed by atoms with Crippen LogP contribution in [0.25, 0.3) is 0 Å². The molecular formula is C22H40N4O7. The number of carbonyl (C=O) groups excluding carboxylic acids is 3. The smallest absolute Gasteiger partial charge is 0.326 e. The minimum atomic E-state index is -1.16. The van der Waals surface area contributed by atoms with Crippen molar-refractivity contribution in [3.63, 3.8) is 0 Å². The van der Waals surface area contributed by atoms with Crippen LogP contribution in [0.3, 0.4) is 0 Å². The van der Waals surface area contributed by atoms with Gasteiger partial charge in [0.2, 0.25) is 17.7 Å². The predicted molar refractivity (Wildman–Crippen MR) is 122 cm³/mol. The highest BCUT2D eigenvalue weighted by Gasteiger charge is 2.34. The fourth-order valence-corrected chi connectivity index (χ4v) is 3.08. The van der Waals surface area contributed by atoms with Crippen molar-refractivity contribution in [2.75, 3.05) is 0 Å². The van der Waals surface area contributed by atoms with Crippen LogP contribution in [0.4, 0.5) is 0 Å². The molecule has 0 saturated heterocycles. The number of nitrogens with two attached hydrogens (primary N) is 1. The minimum absolute atomic E-state index is 0.0856. The van der Waals surface area contributed by atoms with Crippen LogP contribution in [-0.4, -0.2) is 64.0 Å². The Morgan fingerprint density at radius 2 is 1.15 bits per heavy atom. The van der Waals surface area contributed by atoms with Gasteiger partial charge in [0.1, 0.15) is 18.1 Å². The number of hydrogen-bond acceptors (Lipinski definition) is 6. The van der Waals surface area contributed by atoms with Gasteiger partial charge in [-0.05, 0) is 24.2 Å². The number of carboxylic acids is 2. The zero-order chi connectivity index (χ0) is 25.9. The van der Waals surface area contributed by atoms with Gasteiger partial charge in [0.25, 0.3) is 0 Å². The van der Waals surface area contributed by atoms with Crippen molar-refractivity contribution in [1.29, 1.82) is 0 Å². The summed E-state index contributed by atoms with van der Waals surface area (Å²) in [6.45, 7) is 10.5. The predicted octanol–water partition coefficient (Wildman–Crippen LogP) is 0.466. The lowest BCUT2D eigenvalue weighted by Crippen LogP contribution is -2.60. The van der Waals surface area contributed by atoms with Crippen LogP contribution in [-0.2, 0) is 24.0 Å². The highest BCUT2D eigenvalue weighted by atomic mass is 16.4. The van der Waals surface area contributed by atoms with Crippen LogP contribution in [0.1, 0.15) is 67.2 Å². The molecule has 0 heterocycles. The first-order chi connectivity index (χ1) is 15.3. The summed E-state index contributed by atoms with van der Waals surface area (Å²) in [5, 5.41) is 25.9. The van der Waals surface area contributed by atoms with Crippen LogP contribution < -0.4 is 21.7 Å². The number of amides is 3. The topological polar surface area (TPSA) is 188 Å². The van der Waals surface area contributed by atoms with Crippen molar-refractivity contribution >= 4 is 29.7 Å². The van der Waals surface area contributed by atoms with Crippen molar-refractivity contribution < 1.29 is 34.2 Å². The maximum Gasteiger partial charge on any atom is 0.326 e. The average Bonchev–Trinajstić information content (AvgIpc) is 2.75. The van der Waals surface area contributed by atoms with E-state index >= 15 is 0 Å². The molecule has 0 radical (unpaired) electrons. The van der Waals surface area contributed by atoms with Crippen molar-refractivity contribution in [2.24, 2.45) is 23.5 Å². The van der Waals surface area contributed by atoms with Gasteiger partial charge in [0, 0.05) is 6.42 Å². The third-order valence-electron chi connectivity index (χ3n) is 5.82. The van der Waals surface area contributed by atoms with Gasteiger partial charge in [-0.2, -0.15) is 0 Å². The fraction of sp³-hybridized carbons (Fsp3) is 0.773. The molecule has 3 amide bonds. The van der Waals surface area contributed by atoms with Gasteiger partial charge in [-0.15, -0.1) is 0 Å². The summed E-state index contributed by atoms with van der Waals surface area (Å²) < 4.78 is 0. The van der Waals surface area contributed by atoms with E-state index in [9.17, 15) is 29.1 Å². The molecule has 0 rings (SSSR count). The summed E-state index contributed by atoms with van der Waals surface area (Å²) >= 11 is 0. The van der Waals surface area contributed by atoms with E-state index in [1.54, 1.807) is 27.7 Å². The summed E-state index contributed by atoms with van der Waals surface area (Å²) in [4.78, 5) is 60.6. The van der Waals surface area contributed by atoms with E-state index < -0.39 is 53.8 Å². The van der Waals surface area contributed by atoms with Gasteiger partial charge < -0.3 is 31.9 Å². The Labute approximate surface area is 195 Å². The Kier molecular flexibility index (Phi) is 13.3. The number of hydrogen-bond donors (Lipinski definition) is 6. The molecule has 0 aromatic carbocycles. The Hall–Kier alpha value is -2.69. The standard InChI is InChI=1S/C22H40N4O7/c1-7-12(5)17(21(31)26-18(22(32)33)13(6)8-2)25-20(30)16(11(3)4)24-19(29)14(23)9-10-15(27)28/h11-14,16-18H,7-10,23H2,1-6H3,(H,24,29)(H,25,30)(H,26,31)(H,27,28)(H,32,33). The molecule has 0 saturated carbocycles. The lowest BCUT2D eigenvalue weighted by molar-refractivity contribution is -0.144. The van der Waals surface area contributed by atoms with E-state index in [4.69, 9.17) is 10.8 Å². The molecule has 0 aromatic heterocycles. The molecule has 0 aliphatic carbocycles. The second-order valence-electron chi connectivity index (χ2n) is 8.85. The molecule has 190 valence electrons. The molecule has 0 aliphatic rings. The third-order valence-corrected chi connectivity index (χ3v) is 5.82. The second kappa shape index (κ2) is 14.5. The van der Waals surface area contributed by atoms with E-state index in [1.807, 2.05) is 13.8 Å². The largest absolute Gasteiger partial charge is 0.481 e. The summed E-state index contributed by atoms with van der Waals surface area (Å²) in [6.07, 6.45) is 0.710. The zero-order valence-electron chi connectivity index (χ0n) is 20.4. The quantitative estimate of drug-likeness (QED) is 0.198. The van der Waals surface area contributed by atoms with Gasteiger partial charge in [-0.3, -0.25) is 19.2 Å². The van der Waals surface area contributed by atoms with Gasteiger partial charge in [-0.1, -0.05) is 54.4 Å². The Balaban J connectivity index is 5.49. The Bertz CT molecular complexity index is 698. The number of rotatable bonds is 15. The first-order valence-electron chi connectivity index (χ1n) is 11.4. The van der Waals surface area contributed by atoms with Gasteiger partial charge >= 0.3 is 11.9 Å². The van der Waals surface area contributed by atoms with E-state index in [1.165, 1.54) is 0 Å². The minimum Gasteiger partial charge on any atom is -0.481 e. The molecule has 0 aliphatic heterocycles. The second-order valence-corrected chi connectivity index (χ2v) is 8.85. The van der Waals surface area contributed by atoms with Crippen molar-refractivity contribution in [1.82, 2.24) is 16.0 Å². The summed E-state index contributed by atoms with van der Waals surface area (Å²) in [7, 11) is 0. The van der Waals surface area contributed by atoms with Crippen molar-refractivity contribution in [3.05, 3.63) is 0 Å². The molecule has 6 unspecified atom stereocenters. The monoisotopic (exact) mass is 472 g/mol. The molecule has 7 N–H and O–H groups in total. The number of aliphatic carboxylic acids is 2. The fourth-order valence-electron chi connectivity index (χ4n) is 3.08. The van der Waals surface area contributed by atoms with Crippen LogP contribution >= 0.6 is 0 Å². The highest BCUT2D eigenvalue weighted by Crippen LogP contribution is 2.13. The van der Waals surface area contributed by atoms with E-state index in [0.29, 0.717) is 12.8 Å². The molecule has 0 fully saturated rings. The molecule has 0 spiro atoms. The molecule has 0 aromatic rings. The SMILES string of the molecule is CCC(C)C(NC(=O)C(NC(=O)C(NC(=O)C(N)CCC(=O)O)C(C)C)C(C)CC)C(=O)O. The van der Waals surface area contributed by atoms with E-state index in [2.05, 4.69) is 16.0 Å². The normalized spacial score (nSPS) is 16.6. The average molecular weight is 473 g/mol. The molecule has 6 atom stereocenters. The first kappa shape index (κ1) is 30.3. The molecule has 33 heavy (non-hydrogen) atoms. The highest BCUT2D eigenvalue weighted by molar-refractivity contribution is 5.94. The van der Waals surface area contributed by atoms with Gasteiger partial charge in [-0.25, -0.2) is 4.79 Å². The summed E-state index contributed by atoms with van der Waals surface area (Å²) in [5.74, 6) is -5.11. The van der Waals surface area contributed by atoms with Gasteiger partial charge in [0.15, 0.2) is 0 Å². The van der Waals surface area contributed by atoms with Crippen LogP contribution in [0.5, 0.6) is 0 Å². The number of carbonyl (C=O) groups is 5. The molecule has 11 nitrogen and oxygen atoms in total. The summed E-state index contributed by atoms with van der Waals surface area (Å²) in [5.41, 5.74) is 5.73. The lowest BCUT2D eigenvalue weighted by Gasteiger charge is -2.30. The van der Waals surface area contributed by atoms with Crippen LogP contribution in [0.15, 0.2) is 0 Å². The van der Waals surface area contributed by atoms with E-state index in [-0.39, 0.29) is 30.6 Å². The van der Waals surface area contributed by atoms with Gasteiger partial charge in [0.05, 0.1) is 6.04 Å². The number of carboxylic acid groups (broad SMARTS) is 2. The van der Waals surface area contributed by atoms with Crippen molar-refractivity contribution in [3.8, 4) is 0 Å². The molecular weight excluding hydrogens is 432 g/mol. The molecule has 0 bridgehead atoms. The maximum absolute atomic E-state index is 13.0. The van der Waals surface area contributed by atoms with E-state index in [0.717, 1.165) is 0 Å². The Morgan fingerprint density at radius 3 is 1.58 bits per heavy atom. The maximum atomic E-state index is 13.0. The molecule has 11 heteroatoms. The third kappa shape index (κ3) is 10.2. The number of nitrogens with one attached hydrogen (secondary N) is 3. The van der Waals surface area contributed by atoms with Crippen LogP contribution in [0.2, 0.25) is 0 Å². The zero-order valence-corrected chi connectivity index (χ0v) is 20.4. The first-order valence-corrected chi connectivity index (χ1v) is 11.4. The van der Waals surface area contributed by atoms with Crippen molar-refractivity contribution in [2.45, 2.75) is 91.4 Å². The Morgan fingerprint density at radius 1 is 0.727 bits per heavy atom.